The zero-order valence-corrected chi connectivity index (χ0v) is 29.6. The molecule has 2 saturated carbocycles. The molecule has 274 valence electrons. The Bertz CT molecular complexity index is 1150. The lowest BCUT2D eigenvalue weighted by molar-refractivity contribution is -0.0505. The van der Waals surface area contributed by atoms with Crippen molar-refractivity contribution in [2.24, 2.45) is 11.8 Å². The second-order valence-corrected chi connectivity index (χ2v) is 13.2. The molecule has 0 unspecified atom stereocenters. The number of benzene rings is 2. The Morgan fingerprint density at radius 1 is 0.531 bits per heavy atom. The zero-order valence-electron chi connectivity index (χ0n) is 29.6. The van der Waals surface area contributed by atoms with Gasteiger partial charge >= 0.3 is 13.2 Å². The van der Waals surface area contributed by atoms with Crippen LogP contribution in [0.5, 0.6) is 11.5 Å². The van der Waals surface area contributed by atoms with Crippen molar-refractivity contribution in [3.63, 3.8) is 0 Å². The van der Waals surface area contributed by atoms with E-state index in [0.717, 1.165) is 75.7 Å². The summed E-state index contributed by atoms with van der Waals surface area (Å²) in [6.45, 7) is 0.679. The van der Waals surface area contributed by atoms with E-state index in [1.165, 1.54) is 44.9 Å². The van der Waals surface area contributed by atoms with E-state index in [1.54, 1.807) is 48.5 Å². The van der Waals surface area contributed by atoms with Crippen LogP contribution in [-0.2, 0) is 9.47 Å². The first kappa shape index (κ1) is 40.6. The maximum absolute atomic E-state index is 12.1. The van der Waals surface area contributed by atoms with E-state index in [0.29, 0.717) is 24.0 Å². The Labute approximate surface area is 292 Å². The van der Waals surface area contributed by atoms with E-state index in [-0.39, 0.29) is 11.5 Å². The molecule has 2 aromatic rings. The molecule has 0 aromatic heterocycles. The monoisotopic (exact) mass is 690 g/mol. The van der Waals surface area contributed by atoms with E-state index < -0.39 is 13.2 Å². The van der Waals surface area contributed by atoms with Gasteiger partial charge in [0.25, 0.3) is 0 Å². The molecule has 0 atom stereocenters. The van der Waals surface area contributed by atoms with Crippen molar-refractivity contribution in [2.75, 3.05) is 13.2 Å². The van der Waals surface area contributed by atoms with Gasteiger partial charge in [0.2, 0.25) is 0 Å². The van der Waals surface area contributed by atoms with Crippen LogP contribution < -0.4 is 9.47 Å². The average Bonchev–Trinajstić information content (AvgIpc) is 3.10. The summed E-state index contributed by atoms with van der Waals surface area (Å²) in [6.07, 6.45) is 27.3. The van der Waals surface area contributed by atoms with Crippen LogP contribution in [0.4, 0.5) is 17.6 Å². The molecule has 8 heteroatoms. The van der Waals surface area contributed by atoms with Crippen molar-refractivity contribution >= 4 is 12.2 Å². The highest BCUT2D eigenvalue weighted by atomic mass is 19.3. The van der Waals surface area contributed by atoms with Gasteiger partial charge < -0.3 is 18.9 Å². The van der Waals surface area contributed by atoms with E-state index in [1.807, 2.05) is 0 Å². The van der Waals surface area contributed by atoms with Crippen molar-refractivity contribution in [3.05, 3.63) is 71.8 Å². The number of halogens is 4. The SMILES string of the molecule is CCCCCCOC1CCC(C=Cc2ccc(OC(F)F)cc2)CC1.CCCCCOC1CCC(C=Cc2ccc(OC(F)F)cc2)CC1. The number of rotatable bonds is 19. The predicted octanol–water partition coefficient (Wildman–Crippen LogP) is 12.5. The minimum atomic E-state index is -2.77. The second-order valence-electron chi connectivity index (χ2n) is 13.2. The smallest absolute Gasteiger partial charge is 0.387 e. The molecule has 49 heavy (non-hydrogen) atoms. The van der Waals surface area contributed by atoms with Gasteiger partial charge in [-0.15, -0.1) is 0 Å². The van der Waals surface area contributed by atoms with Gasteiger partial charge in [-0.1, -0.05) is 94.5 Å². The van der Waals surface area contributed by atoms with Gasteiger partial charge in [-0.05, 0) is 111 Å². The normalized spacial score (nSPS) is 21.3. The summed E-state index contributed by atoms with van der Waals surface area (Å²) in [5, 5.41) is 0. The lowest BCUT2D eigenvalue weighted by atomic mass is 9.87. The molecule has 0 bridgehead atoms. The maximum Gasteiger partial charge on any atom is 0.387 e. The highest BCUT2D eigenvalue weighted by molar-refractivity contribution is 5.51. The molecule has 2 aliphatic carbocycles. The van der Waals surface area contributed by atoms with E-state index in [4.69, 9.17) is 9.47 Å². The lowest BCUT2D eigenvalue weighted by Gasteiger charge is -2.27. The molecule has 4 rings (SSSR count). The van der Waals surface area contributed by atoms with Gasteiger partial charge in [0, 0.05) is 13.2 Å². The first-order chi connectivity index (χ1) is 23.8. The molecule has 0 saturated heterocycles. The summed E-state index contributed by atoms with van der Waals surface area (Å²) >= 11 is 0. The van der Waals surface area contributed by atoms with Gasteiger partial charge in [-0.3, -0.25) is 0 Å². The molecular weight excluding hydrogens is 632 g/mol. The molecule has 0 spiro atoms. The summed E-state index contributed by atoms with van der Waals surface area (Å²) in [5.41, 5.74) is 2.02. The van der Waals surface area contributed by atoms with Crippen molar-refractivity contribution in [3.8, 4) is 11.5 Å². The van der Waals surface area contributed by atoms with Crippen LogP contribution in [0.3, 0.4) is 0 Å². The second kappa shape index (κ2) is 24.3. The van der Waals surface area contributed by atoms with Gasteiger partial charge in [0.05, 0.1) is 12.2 Å². The molecule has 0 heterocycles. The number of hydrogen-bond acceptors (Lipinski definition) is 4. The lowest BCUT2D eigenvalue weighted by Crippen LogP contribution is -2.21. The minimum Gasteiger partial charge on any atom is -0.435 e. The van der Waals surface area contributed by atoms with Gasteiger partial charge in [0.15, 0.2) is 0 Å². The average molecular weight is 691 g/mol. The minimum absolute atomic E-state index is 0.197. The molecule has 0 amide bonds. The van der Waals surface area contributed by atoms with Gasteiger partial charge in [0.1, 0.15) is 11.5 Å². The van der Waals surface area contributed by atoms with E-state index >= 15 is 0 Å². The molecule has 0 N–H and O–H groups in total. The standard InChI is InChI=1S/C21H30F2O2.C20H28F2O2/c1-2-3-4-5-16-24-19-12-8-17(9-13-19)6-7-18-10-14-20(15-11-18)25-21(22)23;1-2-3-4-15-23-18-11-7-16(8-12-18)5-6-17-9-13-19(14-10-17)24-20(21)22/h6-7,10-11,14-15,17,19,21H,2-5,8-9,12-13,16H2,1H3;5-6,9-10,13-14,16,18,20H,2-4,7-8,11-12,15H2,1H3. The van der Waals surface area contributed by atoms with Crippen LogP contribution in [0.2, 0.25) is 0 Å². The van der Waals surface area contributed by atoms with Crippen LogP contribution >= 0.6 is 0 Å². The number of hydrogen-bond donors (Lipinski definition) is 0. The number of unbranched alkanes of at least 4 members (excludes halogenated alkanes) is 5. The molecule has 2 fully saturated rings. The Morgan fingerprint density at radius 2 is 0.898 bits per heavy atom. The fourth-order valence-corrected chi connectivity index (χ4v) is 6.29. The summed E-state index contributed by atoms with van der Waals surface area (Å²) < 4.78 is 69.1. The first-order valence-corrected chi connectivity index (χ1v) is 18.5. The third-order valence-corrected chi connectivity index (χ3v) is 9.22. The summed E-state index contributed by atoms with van der Waals surface area (Å²) in [5.74, 6) is 1.56. The third kappa shape index (κ3) is 18.1. The maximum atomic E-state index is 12.1. The molecule has 4 nitrogen and oxygen atoms in total. The highest BCUT2D eigenvalue weighted by Crippen LogP contribution is 2.29. The van der Waals surface area contributed by atoms with E-state index in [2.05, 4.69) is 47.6 Å². The Hall–Kier alpha value is -2.84. The molecular formula is C41H58F4O4. The van der Waals surface area contributed by atoms with Crippen LogP contribution in [0.15, 0.2) is 60.7 Å². The first-order valence-electron chi connectivity index (χ1n) is 18.5. The van der Waals surface area contributed by atoms with Crippen molar-refractivity contribution in [2.45, 2.75) is 136 Å². The predicted molar refractivity (Wildman–Crippen MR) is 191 cm³/mol. The molecule has 0 aliphatic heterocycles. The topological polar surface area (TPSA) is 36.9 Å². The Balaban J connectivity index is 0.000000266. The van der Waals surface area contributed by atoms with E-state index in [9.17, 15) is 17.6 Å². The largest absolute Gasteiger partial charge is 0.435 e. The quantitative estimate of drug-likeness (QED) is 0.109. The molecule has 2 aromatic carbocycles. The number of allylic oxidation sites excluding steroid dienone is 2. The van der Waals surface area contributed by atoms with Crippen LogP contribution in [0, 0.1) is 11.8 Å². The van der Waals surface area contributed by atoms with Crippen LogP contribution in [0.25, 0.3) is 12.2 Å². The van der Waals surface area contributed by atoms with Crippen molar-refractivity contribution < 1.29 is 36.5 Å². The van der Waals surface area contributed by atoms with Crippen LogP contribution in [-0.4, -0.2) is 38.6 Å². The van der Waals surface area contributed by atoms with Crippen molar-refractivity contribution in [1.82, 2.24) is 0 Å². The molecule has 2 aliphatic rings. The van der Waals surface area contributed by atoms with Crippen molar-refractivity contribution in [1.29, 1.82) is 0 Å². The van der Waals surface area contributed by atoms with Gasteiger partial charge in [-0.2, -0.15) is 17.6 Å². The third-order valence-electron chi connectivity index (χ3n) is 9.22. The Kier molecular flexibility index (Phi) is 20.2. The fraction of sp³-hybridized carbons (Fsp3) is 0.610. The zero-order chi connectivity index (χ0) is 35.1. The summed E-state index contributed by atoms with van der Waals surface area (Å²) in [7, 11) is 0. The number of alkyl halides is 4. The summed E-state index contributed by atoms with van der Waals surface area (Å²) in [4.78, 5) is 0. The summed E-state index contributed by atoms with van der Waals surface area (Å²) in [6, 6.07) is 13.5. The highest BCUT2D eigenvalue weighted by Gasteiger charge is 2.20. The van der Waals surface area contributed by atoms with Crippen LogP contribution in [0.1, 0.15) is 121 Å². The molecule has 0 radical (unpaired) electrons. The van der Waals surface area contributed by atoms with Gasteiger partial charge in [-0.25, -0.2) is 0 Å². The number of ether oxygens (including phenoxy) is 4. The fourth-order valence-electron chi connectivity index (χ4n) is 6.29. The Morgan fingerprint density at radius 3 is 1.27 bits per heavy atom.